The van der Waals surface area contributed by atoms with Gasteiger partial charge in [0.25, 0.3) is 5.56 Å². The summed E-state index contributed by atoms with van der Waals surface area (Å²) in [7, 11) is 0. The Balaban J connectivity index is 1.44. The van der Waals surface area contributed by atoms with E-state index in [1.807, 2.05) is 41.8 Å². The van der Waals surface area contributed by atoms with Gasteiger partial charge in [0.15, 0.2) is 0 Å². The van der Waals surface area contributed by atoms with Gasteiger partial charge in [-0.2, -0.15) is 0 Å². The highest BCUT2D eigenvalue weighted by atomic mass is 32.1. The third kappa shape index (κ3) is 5.10. The summed E-state index contributed by atoms with van der Waals surface area (Å²) in [5.74, 6) is -0.0926. The maximum absolute atomic E-state index is 13.7. The molecular formula is C31H29N3O3S. The Morgan fingerprint density at radius 1 is 0.868 bits per heavy atom. The lowest BCUT2D eigenvalue weighted by atomic mass is 10.00. The van der Waals surface area contributed by atoms with Crippen LogP contribution in [0.4, 0.5) is 0 Å². The molecule has 38 heavy (non-hydrogen) atoms. The van der Waals surface area contributed by atoms with E-state index in [1.54, 1.807) is 28.8 Å². The van der Waals surface area contributed by atoms with E-state index in [0.29, 0.717) is 29.0 Å². The van der Waals surface area contributed by atoms with Crippen LogP contribution in [0.1, 0.15) is 33.4 Å². The van der Waals surface area contributed by atoms with Crippen LogP contribution in [0.5, 0.6) is 0 Å². The highest BCUT2D eigenvalue weighted by molar-refractivity contribution is 7.17. The third-order valence-corrected chi connectivity index (χ3v) is 7.69. The summed E-state index contributed by atoms with van der Waals surface area (Å²) >= 11 is 1.34. The molecule has 1 N–H and O–H groups in total. The highest BCUT2D eigenvalue weighted by Gasteiger charge is 2.17. The maximum Gasteiger partial charge on any atom is 0.336 e. The van der Waals surface area contributed by atoms with E-state index in [-0.39, 0.29) is 23.6 Å². The van der Waals surface area contributed by atoms with Gasteiger partial charge in [0, 0.05) is 6.54 Å². The second-order valence-electron chi connectivity index (χ2n) is 9.63. The number of nitrogens with zero attached hydrogens (tertiary/aromatic N) is 2. The summed E-state index contributed by atoms with van der Waals surface area (Å²) in [6.45, 7) is 7.01. The Morgan fingerprint density at radius 3 is 2.24 bits per heavy atom. The van der Waals surface area contributed by atoms with Crippen molar-refractivity contribution in [1.29, 1.82) is 0 Å². The minimum atomic E-state index is -0.381. The quantitative estimate of drug-likeness (QED) is 0.325. The Hall–Kier alpha value is -4.23. The molecule has 0 aliphatic rings. The predicted octanol–water partition coefficient (Wildman–Crippen LogP) is 5.05. The van der Waals surface area contributed by atoms with Gasteiger partial charge < -0.3 is 5.32 Å². The second kappa shape index (κ2) is 10.6. The minimum absolute atomic E-state index is 0.0926. The maximum atomic E-state index is 13.7. The van der Waals surface area contributed by atoms with Gasteiger partial charge in [-0.3, -0.25) is 14.2 Å². The first-order valence-corrected chi connectivity index (χ1v) is 13.4. The molecule has 5 aromatic rings. The number of aromatic nitrogens is 2. The average molecular weight is 524 g/mol. The lowest BCUT2D eigenvalue weighted by Crippen LogP contribution is -2.38. The Kier molecular flexibility index (Phi) is 7.11. The summed E-state index contributed by atoms with van der Waals surface area (Å²) < 4.78 is 3.45. The van der Waals surface area contributed by atoms with E-state index in [0.717, 1.165) is 27.8 Å². The molecule has 3 aromatic carbocycles. The van der Waals surface area contributed by atoms with Gasteiger partial charge in [-0.05, 0) is 72.2 Å². The van der Waals surface area contributed by atoms with Gasteiger partial charge in [-0.15, -0.1) is 11.3 Å². The van der Waals surface area contributed by atoms with Crippen LogP contribution in [0.3, 0.4) is 0 Å². The molecule has 1 amide bonds. The van der Waals surface area contributed by atoms with Crippen molar-refractivity contribution in [3.63, 3.8) is 0 Å². The number of amides is 1. The number of carbonyl (C=O) groups excluding carboxylic acids is 1. The Morgan fingerprint density at radius 2 is 1.55 bits per heavy atom. The molecule has 0 unspecified atom stereocenters. The molecule has 0 fully saturated rings. The van der Waals surface area contributed by atoms with Crippen LogP contribution in [-0.2, 0) is 24.3 Å². The Bertz CT molecular complexity index is 1720. The number of thiophene rings is 1. The number of rotatable bonds is 7. The van der Waals surface area contributed by atoms with E-state index in [1.165, 1.54) is 21.5 Å². The summed E-state index contributed by atoms with van der Waals surface area (Å²) in [6, 6.07) is 22.9. The number of aryl methyl sites for hydroxylation is 3. The first-order chi connectivity index (χ1) is 18.3. The van der Waals surface area contributed by atoms with Crippen molar-refractivity contribution in [3.8, 4) is 5.69 Å². The van der Waals surface area contributed by atoms with Gasteiger partial charge in [0.05, 0.1) is 24.2 Å². The highest BCUT2D eigenvalue weighted by Crippen LogP contribution is 2.21. The van der Waals surface area contributed by atoms with Gasteiger partial charge in [-0.1, -0.05) is 60.2 Å². The molecule has 0 saturated carbocycles. The second-order valence-corrected chi connectivity index (χ2v) is 10.5. The van der Waals surface area contributed by atoms with Crippen LogP contribution in [0.15, 0.2) is 87.8 Å². The Labute approximate surface area is 224 Å². The third-order valence-electron chi connectivity index (χ3n) is 6.80. The monoisotopic (exact) mass is 523 g/mol. The van der Waals surface area contributed by atoms with Crippen LogP contribution in [0.25, 0.3) is 15.9 Å². The number of hydrogen-bond donors (Lipinski definition) is 1. The smallest absolute Gasteiger partial charge is 0.336 e. The zero-order valence-corrected chi connectivity index (χ0v) is 22.5. The molecule has 0 saturated heterocycles. The van der Waals surface area contributed by atoms with Gasteiger partial charge >= 0.3 is 5.69 Å². The van der Waals surface area contributed by atoms with Crippen molar-refractivity contribution in [2.45, 2.75) is 40.3 Å². The van der Waals surface area contributed by atoms with Crippen LogP contribution < -0.4 is 16.6 Å². The van der Waals surface area contributed by atoms with E-state index in [9.17, 15) is 14.4 Å². The molecule has 2 heterocycles. The largest absolute Gasteiger partial charge is 0.352 e. The zero-order chi connectivity index (χ0) is 26.8. The van der Waals surface area contributed by atoms with Crippen molar-refractivity contribution in [2.24, 2.45) is 0 Å². The zero-order valence-electron chi connectivity index (χ0n) is 21.7. The first kappa shape index (κ1) is 25.4. The molecule has 6 nitrogen and oxygen atoms in total. The molecule has 0 radical (unpaired) electrons. The molecule has 0 bridgehead atoms. The van der Waals surface area contributed by atoms with Crippen molar-refractivity contribution < 1.29 is 4.79 Å². The van der Waals surface area contributed by atoms with Gasteiger partial charge in [0.1, 0.15) is 4.70 Å². The SMILES string of the molecule is Cc1cc(C)c(Cn2c(=O)n(-c3ccc(CC(=O)NCc4ccccc4)cc3)c(=O)c3sccc32)c(C)c1. The molecule has 7 heteroatoms. The number of fused-ring (bicyclic) bond motifs is 1. The van der Waals surface area contributed by atoms with E-state index in [2.05, 4.69) is 38.2 Å². The number of carbonyl (C=O) groups is 1. The van der Waals surface area contributed by atoms with Gasteiger partial charge in [-0.25, -0.2) is 9.36 Å². The molecule has 0 atom stereocenters. The fraction of sp³-hybridized carbons (Fsp3) is 0.194. The first-order valence-electron chi connectivity index (χ1n) is 12.5. The topological polar surface area (TPSA) is 73.1 Å². The van der Waals surface area contributed by atoms with Crippen LogP contribution in [0.2, 0.25) is 0 Å². The fourth-order valence-corrected chi connectivity index (χ4v) is 5.72. The average Bonchev–Trinajstić information content (AvgIpc) is 3.38. The summed E-state index contributed by atoms with van der Waals surface area (Å²) in [6.07, 6.45) is 0.210. The summed E-state index contributed by atoms with van der Waals surface area (Å²) in [5.41, 5.74) is 6.74. The number of benzene rings is 3. The van der Waals surface area contributed by atoms with Crippen molar-refractivity contribution >= 4 is 27.5 Å². The fourth-order valence-electron chi connectivity index (χ4n) is 4.89. The normalized spacial score (nSPS) is 11.1. The molecule has 192 valence electrons. The molecule has 0 spiro atoms. The van der Waals surface area contributed by atoms with E-state index in [4.69, 9.17) is 0 Å². The number of nitrogens with one attached hydrogen (secondary N) is 1. The predicted molar refractivity (Wildman–Crippen MR) is 153 cm³/mol. The van der Waals surface area contributed by atoms with Crippen LogP contribution in [-0.4, -0.2) is 15.0 Å². The number of hydrogen-bond acceptors (Lipinski definition) is 4. The minimum Gasteiger partial charge on any atom is -0.352 e. The summed E-state index contributed by atoms with van der Waals surface area (Å²) in [4.78, 5) is 39.6. The van der Waals surface area contributed by atoms with Crippen molar-refractivity contribution in [3.05, 3.63) is 132 Å². The van der Waals surface area contributed by atoms with Crippen molar-refractivity contribution in [1.82, 2.24) is 14.5 Å². The van der Waals surface area contributed by atoms with Crippen LogP contribution >= 0.6 is 11.3 Å². The van der Waals surface area contributed by atoms with Crippen molar-refractivity contribution in [2.75, 3.05) is 0 Å². The van der Waals surface area contributed by atoms with Crippen LogP contribution in [0, 0.1) is 20.8 Å². The lowest BCUT2D eigenvalue weighted by Gasteiger charge is -2.16. The molecule has 5 rings (SSSR count). The lowest BCUT2D eigenvalue weighted by molar-refractivity contribution is -0.120. The molecule has 2 aromatic heterocycles. The van der Waals surface area contributed by atoms with Gasteiger partial charge in [0.2, 0.25) is 5.91 Å². The van der Waals surface area contributed by atoms with E-state index >= 15 is 0 Å². The molecular weight excluding hydrogens is 494 g/mol. The standard InChI is InChI=1S/C31H29N3O3S/c1-20-15-21(2)26(22(3)16-20)19-33-27-13-14-38-29(27)30(36)34(31(33)37)25-11-9-23(10-12-25)17-28(35)32-18-24-7-5-4-6-8-24/h4-16H,17-19H2,1-3H3,(H,32,35). The van der Waals surface area contributed by atoms with E-state index < -0.39 is 0 Å². The molecule has 0 aliphatic carbocycles. The molecule has 0 aliphatic heterocycles. The summed E-state index contributed by atoms with van der Waals surface area (Å²) in [5, 5.41) is 4.77.